The lowest BCUT2D eigenvalue weighted by molar-refractivity contribution is 0.0595. The van der Waals surface area contributed by atoms with Gasteiger partial charge in [0.15, 0.2) is 11.6 Å². The van der Waals surface area contributed by atoms with Crippen molar-refractivity contribution in [3.63, 3.8) is 0 Å². The van der Waals surface area contributed by atoms with E-state index in [1.165, 1.54) is 4.90 Å². The Kier molecular flexibility index (Phi) is 4.30. The van der Waals surface area contributed by atoms with Crippen molar-refractivity contribution in [3.05, 3.63) is 46.0 Å². The van der Waals surface area contributed by atoms with Crippen molar-refractivity contribution in [1.29, 1.82) is 0 Å². The van der Waals surface area contributed by atoms with Crippen LogP contribution in [0, 0.1) is 18.6 Å². The topological polar surface area (TPSA) is 61.9 Å². The lowest BCUT2D eigenvalue weighted by Crippen LogP contribution is -2.39. The van der Waals surface area contributed by atoms with Gasteiger partial charge in [-0.2, -0.15) is 5.10 Å². The number of benzene rings is 1. The van der Waals surface area contributed by atoms with Crippen LogP contribution in [0.3, 0.4) is 0 Å². The summed E-state index contributed by atoms with van der Waals surface area (Å²) in [5, 5.41) is 6.19. The van der Waals surface area contributed by atoms with Gasteiger partial charge < -0.3 is 4.90 Å². The van der Waals surface area contributed by atoms with Gasteiger partial charge in [-0.3, -0.25) is 9.89 Å². The van der Waals surface area contributed by atoms with Crippen molar-refractivity contribution in [2.45, 2.75) is 32.2 Å². The van der Waals surface area contributed by atoms with E-state index in [1.54, 1.807) is 6.92 Å². The van der Waals surface area contributed by atoms with Crippen LogP contribution in [0.5, 0.6) is 0 Å². The van der Waals surface area contributed by atoms with E-state index in [0.29, 0.717) is 24.6 Å². The zero-order valence-corrected chi connectivity index (χ0v) is 13.2. The zero-order valence-electron chi connectivity index (χ0n) is 12.4. The Bertz CT molecular complexity index is 749. The minimum absolute atomic E-state index is 0.240. The summed E-state index contributed by atoms with van der Waals surface area (Å²) in [5.74, 6) is -1.30. The number of aromatic nitrogens is 3. The molecule has 1 saturated heterocycles. The molecule has 1 aliphatic heterocycles. The molecule has 2 heterocycles. The number of likely N-dealkylation sites (tertiary alicyclic amines) is 1. The van der Waals surface area contributed by atoms with Crippen LogP contribution in [-0.4, -0.2) is 32.5 Å². The number of nitrogens with zero attached hydrogens (tertiary/aromatic N) is 3. The van der Waals surface area contributed by atoms with Gasteiger partial charge >= 0.3 is 0 Å². The SMILES string of the molecule is Cc1nc([C@@H]2CCCCN2C(=O)c2ccc(F)c(Cl)c2F)n[nH]1. The van der Waals surface area contributed by atoms with E-state index in [2.05, 4.69) is 15.2 Å². The third-order valence-corrected chi connectivity index (χ3v) is 4.29. The van der Waals surface area contributed by atoms with Crippen molar-refractivity contribution in [3.8, 4) is 0 Å². The Hall–Kier alpha value is -2.02. The smallest absolute Gasteiger partial charge is 0.257 e. The van der Waals surface area contributed by atoms with Gasteiger partial charge in [-0.05, 0) is 38.3 Å². The molecule has 3 rings (SSSR count). The Morgan fingerprint density at radius 3 is 2.87 bits per heavy atom. The minimum Gasteiger partial charge on any atom is -0.328 e. The van der Waals surface area contributed by atoms with Crippen LogP contribution in [0.15, 0.2) is 12.1 Å². The fraction of sp³-hybridized carbons (Fsp3) is 0.400. The van der Waals surface area contributed by atoms with E-state index < -0.39 is 22.6 Å². The second-order valence-electron chi connectivity index (χ2n) is 5.51. The number of hydrogen-bond acceptors (Lipinski definition) is 3. The summed E-state index contributed by atoms with van der Waals surface area (Å²) in [7, 11) is 0. The summed E-state index contributed by atoms with van der Waals surface area (Å²) in [6.07, 6.45) is 2.43. The Morgan fingerprint density at radius 2 is 2.17 bits per heavy atom. The van der Waals surface area contributed by atoms with Gasteiger partial charge in [0, 0.05) is 6.54 Å². The molecule has 1 aromatic heterocycles. The van der Waals surface area contributed by atoms with Crippen molar-refractivity contribution in [2.75, 3.05) is 6.54 Å². The highest BCUT2D eigenvalue weighted by Crippen LogP contribution is 2.32. The Balaban J connectivity index is 1.95. The molecule has 122 valence electrons. The van der Waals surface area contributed by atoms with Gasteiger partial charge in [-0.1, -0.05) is 11.6 Å². The highest BCUT2D eigenvalue weighted by atomic mass is 35.5. The third-order valence-electron chi connectivity index (χ3n) is 3.94. The molecule has 5 nitrogen and oxygen atoms in total. The molecule has 8 heteroatoms. The predicted octanol–water partition coefficient (Wildman–Crippen LogP) is 3.41. The number of nitrogens with one attached hydrogen (secondary N) is 1. The van der Waals surface area contributed by atoms with Gasteiger partial charge in [0.2, 0.25) is 0 Å². The molecule has 0 unspecified atom stereocenters. The normalized spacial score (nSPS) is 18.3. The van der Waals surface area contributed by atoms with Crippen LogP contribution in [0.2, 0.25) is 5.02 Å². The van der Waals surface area contributed by atoms with Gasteiger partial charge in [0.1, 0.15) is 16.7 Å². The number of carbonyl (C=O) groups is 1. The van der Waals surface area contributed by atoms with Crippen molar-refractivity contribution >= 4 is 17.5 Å². The van der Waals surface area contributed by atoms with Crippen molar-refractivity contribution in [2.24, 2.45) is 0 Å². The molecule has 0 spiro atoms. The molecule has 2 aromatic rings. The van der Waals surface area contributed by atoms with E-state index in [4.69, 9.17) is 11.6 Å². The molecule has 1 atom stereocenters. The summed E-state index contributed by atoms with van der Waals surface area (Å²) in [5.41, 5.74) is -0.240. The number of aromatic amines is 1. The van der Waals surface area contributed by atoms with Crippen molar-refractivity contribution < 1.29 is 13.6 Å². The molecule has 1 N–H and O–H groups in total. The van der Waals surface area contributed by atoms with Crippen LogP contribution in [0.25, 0.3) is 0 Å². The number of H-pyrrole nitrogens is 1. The molecule has 1 aliphatic rings. The van der Waals surface area contributed by atoms with Gasteiger partial charge in [0.25, 0.3) is 5.91 Å². The largest absolute Gasteiger partial charge is 0.328 e. The molecule has 1 amide bonds. The van der Waals surface area contributed by atoms with Crippen LogP contribution in [0.1, 0.15) is 47.3 Å². The first-order valence-electron chi connectivity index (χ1n) is 7.32. The van der Waals surface area contributed by atoms with E-state index in [1.807, 2.05) is 0 Å². The number of amides is 1. The lowest BCUT2D eigenvalue weighted by Gasteiger charge is -2.34. The van der Waals surface area contributed by atoms with Crippen LogP contribution in [0.4, 0.5) is 8.78 Å². The maximum atomic E-state index is 14.1. The van der Waals surface area contributed by atoms with Gasteiger partial charge in [0.05, 0.1) is 11.6 Å². The number of aryl methyl sites for hydroxylation is 1. The van der Waals surface area contributed by atoms with Crippen LogP contribution < -0.4 is 0 Å². The molecule has 0 bridgehead atoms. The van der Waals surface area contributed by atoms with Crippen LogP contribution in [-0.2, 0) is 0 Å². The Labute approximate surface area is 136 Å². The number of halogens is 3. The maximum Gasteiger partial charge on any atom is 0.257 e. The number of piperidine rings is 1. The lowest BCUT2D eigenvalue weighted by atomic mass is 10.00. The second kappa shape index (κ2) is 6.23. The molecule has 0 radical (unpaired) electrons. The number of hydrogen-bond donors (Lipinski definition) is 1. The molecule has 1 fully saturated rings. The fourth-order valence-corrected chi connectivity index (χ4v) is 2.96. The second-order valence-corrected chi connectivity index (χ2v) is 5.89. The Morgan fingerprint density at radius 1 is 1.39 bits per heavy atom. The monoisotopic (exact) mass is 340 g/mol. The molecule has 0 saturated carbocycles. The van der Waals surface area contributed by atoms with E-state index in [-0.39, 0.29) is 11.6 Å². The number of carbonyl (C=O) groups excluding carboxylic acids is 1. The molecular formula is C15H15ClF2N4O. The van der Waals surface area contributed by atoms with Gasteiger partial charge in [-0.15, -0.1) is 0 Å². The summed E-state index contributed by atoms with van der Waals surface area (Å²) in [4.78, 5) is 18.5. The molecule has 0 aliphatic carbocycles. The minimum atomic E-state index is -1.04. The summed E-state index contributed by atoms with van der Waals surface area (Å²) < 4.78 is 27.4. The van der Waals surface area contributed by atoms with E-state index in [0.717, 1.165) is 25.0 Å². The first-order valence-corrected chi connectivity index (χ1v) is 7.70. The predicted molar refractivity (Wildman–Crippen MR) is 80.1 cm³/mol. The first kappa shape index (κ1) is 15.9. The maximum absolute atomic E-state index is 14.1. The summed E-state index contributed by atoms with van der Waals surface area (Å²) in [6, 6.07) is 1.78. The average Bonchev–Trinajstić information content (AvgIpc) is 2.98. The van der Waals surface area contributed by atoms with E-state index >= 15 is 0 Å². The van der Waals surface area contributed by atoms with Crippen LogP contribution >= 0.6 is 11.6 Å². The fourth-order valence-electron chi connectivity index (χ4n) is 2.80. The van der Waals surface area contributed by atoms with E-state index in [9.17, 15) is 13.6 Å². The highest BCUT2D eigenvalue weighted by Gasteiger charge is 2.33. The summed E-state index contributed by atoms with van der Waals surface area (Å²) in [6.45, 7) is 2.23. The summed E-state index contributed by atoms with van der Waals surface area (Å²) >= 11 is 5.57. The molecule has 1 aromatic carbocycles. The standard InChI is InChI=1S/C15H15ClF2N4O/c1-8-19-14(21-20-8)11-4-2-3-7-22(11)15(23)9-5-6-10(17)12(16)13(9)18/h5-6,11H,2-4,7H2,1H3,(H,19,20,21)/t11-/m0/s1. The van der Waals surface area contributed by atoms with Crippen molar-refractivity contribution in [1.82, 2.24) is 20.1 Å². The number of rotatable bonds is 2. The zero-order chi connectivity index (χ0) is 16.6. The highest BCUT2D eigenvalue weighted by molar-refractivity contribution is 6.31. The average molecular weight is 341 g/mol. The molecular weight excluding hydrogens is 326 g/mol. The molecule has 23 heavy (non-hydrogen) atoms. The third kappa shape index (κ3) is 2.93. The van der Waals surface area contributed by atoms with Gasteiger partial charge in [-0.25, -0.2) is 13.8 Å². The quantitative estimate of drug-likeness (QED) is 0.852. The first-order chi connectivity index (χ1) is 11.0.